The van der Waals surface area contributed by atoms with Crippen molar-refractivity contribution in [2.45, 2.75) is 26.3 Å². The summed E-state index contributed by atoms with van der Waals surface area (Å²) >= 11 is 0. The largest absolute Gasteiger partial charge is 0.545 e. The SMILES string of the molecule is CCC(C(=O)O)[N+](C)(C)CC.O=C([O-])/C=C/C(=O)O. The lowest BCUT2D eigenvalue weighted by molar-refractivity contribution is -0.905. The molecule has 0 bridgehead atoms. The Morgan fingerprint density at radius 1 is 1.16 bits per heavy atom. The monoisotopic (exact) mass is 275 g/mol. The van der Waals surface area contributed by atoms with Gasteiger partial charge in [-0.3, -0.25) is 0 Å². The molecule has 0 radical (unpaired) electrons. The summed E-state index contributed by atoms with van der Waals surface area (Å²) in [5, 5.41) is 26.1. The molecular weight excluding hydrogens is 254 g/mol. The Hall–Kier alpha value is -1.89. The molecule has 0 heterocycles. The van der Waals surface area contributed by atoms with Gasteiger partial charge in [0, 0.05) is 12.5 Å². The number of hydrogen-bond donors (Lipinski definition) is 2. The Kier molecular flexibility index (Phi) is 9.31. The van der Waals surface area contributed by atoms with Crippen molar-refractivity contribution in [1.82, 2.24) is 0 Å². The van der Waals surface area contributed by atoms with Crippen LogP contribution < -0.4 is 5.11 Å². The summed E-state index contributed by atoms with van der Waals surface area (Å²) in [4.78, 5) is 29.7. The number of hydrogen-bond acceptors (Lipinski definition) is 4. The molecule has 0 aromatic rings. The second-order valence-corrected chi connectivity index (χ2v) is 4.35. The minimum Gasteiger partial charge on any atom is -0.545 e. The lowest BCUT2D eigenvalue weighted by Gasteiger charge is -2.33. The van der Waals surface area contributed by atoms with Crippen molar-refractivity contribution in [3.8, 4) is 0 Å². The summed E-state index contributed by atoms with van der Waals surface area (Å²) in [5.41, 5.74) is 0. The van der Waals surface area contributed by atoms with Crippen LogP contribution in [0, 0.1) is 0 Å². The zero-order chi connectivity index (χ0) is 15.6. The lowest BCUT2D eigenvalue weighted by Crippen LogP contribution is -2.52. The van der Waals surface area contributed by atoms with E-state index in [1.165, 1.54) is 0 Å². The summed E-state index contributed by atoms with van der Waals surface area (Å²) < 4.78 is 0.561. The Morgan fingerprint density at radius 2 is 1.63 bits per heavy atom. The van der Waals surface area contributed by atoms with Crippen molar-refractivity contribution < 1.29 is 34.2 Å². The maximum absolute atomic E-state index is 10.7. The molecule has 0 amide bonds. The molecular formula is C12H21NO6. The number of aliphatic carboxylic acids is 3. The van der Waals surface area contributed by atoms with Crippen LogP contribution in [0.15, 0.2) is 12.2 Å². The van der Waals surface area contributed by atoms with Crippen LogP contribution in [0.3, 0.4) is 0 Å². The third-order valence-electron chi connectivity index (χ3n) is 2.69. The normalized spacial score (nSPS) is 12.4. The fraction of sp³-hybridized carbons (Fsp3) is 0.583. The molecule has 0 aromatic heterocycles. The van der Waals surface area contributed by atoms with Gasteiger partial charge >= 0.3 is 11.9 Å². The van der Waals surface area contributed by atoms with Gasteiger partial charge in [0.2, 0.25) is 0 Å². The summed E-state index contributed by atoms with van der Waals surface area (Å²) in [6, 6.07) is -0.264. The van der Waals surface area contributed by atoms with E-state index in [9.17, 15) is 19.5 Å². The van der Waals surface area contributed by atoms with Crippen LogP contribution in [-0.2, 0) is 14.4 Å². The molecule has 0 fully saturated rings. The van der Waals surface area contributed by atoms with Crippen molar-refractivity contribution in [3.05, 3.63) is 12.2 Å². The molecule has 19 heavy (non-hydrogen) atoms. The number of quaternary nitrogens is 1. The smallest absolute Gasteiger partial charge is 0.362 e. The number of carbonyl (C=O) groups excluding carboxylic acids is 1. The Labute approximate surface area is 112 Å². The summed E-state index contributed by atoms with van der Waals surface area (Å²) in [6.45, 7) is 4.77. The molecule has 0 aliphatic heterocycles. The van der Waals surface area contributed by atoms with Gasteiger partial charge in [-0.2, -0.15) is 0 Å². The summed E-state index contributed by atoms with van der Waals surface area (Å²) in [5.74, 6) is -3.50. The van der Waals surface area contributed by atoms with Crippen LogP contribution in [0.5, 0.6) is 0 Å². The number of rotatable bonds is 6. The average molecular weight is 275 g/mol. The number of carboxylic acids is 3. The Morgan fingerprint density at radius 3 is 1.74 bits per heavy atom. The fourth-order valence-electron chi connectivity index (χ4n) is 1.33. The third-order valence-corrected chi connectivity index (χ3v) is 2.69. The lowest BCUT2D eigenvalue weighted by atomic mass is 10.1. The second-order valence-electron chi connectivity index (χ2n) is 4.35. The molecule has 2 N–H and O–H groups in total. The topological polar surface area (TPSA) is 115 Å². The fourth-order valence-corrected chi connectivity index (χ4v) is 1.33. The molecule has 0 rings (SSSR count). The number of likely N-dealkylation sites (N-methyl/N-ethyl adjacent to an activating group) is 1. The van der Waals surface area contributed by atoms with E-state index in [0.717, 1.165) is 6.54 Å². The molecule has 7 nitrogen and oxygen atoms in total. The van der Waals surface area contributed by atoms with E-state index in [2.05, 4.69) is 0 Å². The van der Waals surface area contributed by atoms with Gasteiger partial charge in [-0.05, 0) is 13.0 Å². The maximum Gasteiger partial charge on any atom is 0.362 e. The molecule has 1 unspecified atom stereocenters. The van der Waals surface area contributed by atoms with Crippen LogP contribution >= 0.6 is 0 Å². The molecule has 0 aliphatic rings. The average Bonchev–Trinajstić information content (AvgIpc) is 2.27. The van der Waals surface area contributed by atoms with Gasteiger partial charge in [-0.15, -0.1) is 0 Å². The van der Waals surface area contributed by atoms with Gasteiger partial charge in [-0.1, -0.05) is 6.92 Å². The van der Waals surface area contributed by atoms with E-state index in [-0.39, 0.29) is 6.04 Å². The van der Waals surface area contributed by atoms with Crippen LogP contribution in [-0.4, -0.2) is 59.3 Å². The standard InChI is InChI=1S/C8H17NO2.C4H4O4/c1-5-7(8(10)11)9(3,4)6-2;5-3(6)1-2-4(7)8/h7H,5-6H2,1-4H3;1-2H,(H,5,6)(H,7,8)/b;2-1+. The van der Waals surface area contributed by atoms with E-state index in [0.29, 0.717) is 23.1 Å². The highest BCUT2D eigenvalue weighted by molar-refractivity contribution is 5.88. The van der Waals surface area contributed by atoms with Crippen LogP contribution in [0.4, 0.5) is 0 Å². The van der Waals surface area contributed by atoms with Crippen LogP contribution in [0.25, 0.3) is 0 Å². The molecule has 0 spiro atoms. The van der Waals surface area contributed by atoms with E-state index in [1.807, 2.05) is 27.9 Å². The van der Waals surface area contributed by atoms with E-state index in [1.54, 1.807) is 0 Å². The maximum atomic E-state index is 10.7. The van der Waals surface area contributed by atoms with Gasteiger partial charge in [0.15, 0.2) is 6.04 Å². The molecule has 0 saturated carbocycles. The first kappa shape index (κ1) is 19.4. The van der Waals surface area contributed by atoms with E-state index in [4.69, 9.17) is 10.2 Å². The molecule has 0 aromatic carbocycles. The van der Waals surface area contributed by atoms with Crippen molar-refractivity contribution in [3.63, 3.8) is 0 Å². The minimum absolute atomic E-state index is 0.264. The molecule has 1 atom stereocenters. The van der Waals surface area contributed by atoms with Gasteiger partial charge < -0.3 is 24.6 Å². The van der Waals surface area contributed by atoms with E-state index < -0.39 is 17.9 Å². The third kappa shape index (κ3) is 9.78. The van der Waals surface area contributed by atoms with Crippen molar-refractivity contribution >= 4 is 17.9 Å². The first-order valence-electron chi connectivity index (χ1n) is 5.75. The Balaban J connectivity index is 0. The first-order valence-corrected chi connectivity index (χ1v) is 5.75. The molecule has 0 aliphatic carbocycles. The second kappa shape index (κ2) is 9.09. The highest BCUT2D eigenvalue weighted by Crippen LogP contribution is 2.09. The number of carboxylic acid groups (broad SMARTS) is 3. The van der Waals surface area contributed by atoms with Crippen LogP contribution in [0.2, 0.25) is 0 Å². The summed E-state index contributed by atoms with van der Waals surface area (Å²) in [6.07, 6.45) is 1.63. The number of nitrogens with zero attached hydrogens (tertiary/aromatic N) is 1. The van der Waals surface area contributed by atoms with Gasteiger partial charge in [0.25, 0.3) is 0 Å². The van der Waals surface area contributed by atoms with Gasteiger partial charge in [0.1, 0.15) is 0 Å². The van der Waals surface area contributed by atoms with Gasteiger partial charge in [-0.25, -0.2) is 9.59 Å². The highest BCUT2D eigenvalue weighted by atomic mass is 16.4. The van der Waals surface area contributed by atoms with Crippen molar-refractivity contribution in [2.75, 3.05) is 20.6 Å². The zero-order valence-electron chi connectivity index (χ0n) is 11.6. The predicted octanol–water partition coefficient (Wildman–Crippen LogP) is -0.677. The molecule has 7 heteroatoms. The summed E-state index contributed by atoms with van der Waals surface area (Å²) in [7, 11) is 3.89. The number of carbonyl (C=O) groups is 3. The molecule has 0 saturated heterocycles. The predicted molar refractivity (Wildman–Crippen MR) is 66.1 cm³/mol. The molecule has 110 valence electrons. The highest BCUT2D eigenvalue weighted by Gasteiger charge is 2.31. The van der Waals surface area contributed by atoms with Crippen LogP contribution in [0.1, 0.15) is 20.3 Å². The first-order chi connectivity index (χ1) is 8.58. The van der Waals surface area contributed by atoms with E-state index >= 15 is 0 Å². The zero-order valence-corrected chi connectivity index (χ0v) is 11.6. The van der Waals surface area contributed by atoms with Crippen molar-refractivity contribution in [1.29, 1.82) is 0 Å². The van der Waals surface area contributed by atoms with Gasteiger partial charge in [0.05, 0.1) is 26.6 Å². The minimum atomic E-state index is -1.51. The quantitative estimate of drug-likeness (QED) is 0.490. The Bertz CT molecular complexity index is 332. The van der Waals surface area contributed by atoms with Crippen molar-refractivity contribution in [2.24, 2.45) is 0 Å².